The third-order valence-corrected chi connectivity index (χ3v) is 4.61. The van der Waals surface area contributed by atoms with Gasteiger partial charge in [0.25, 0.3) is 0 Å². The predicted molar refractivity (Wildman–Crippen MR) is 77.9 cm³/mol. The van der Waals surface area contributed by atoms with E-state index in [-0.39, 0.29) is 23.1 Å². The molecule has 1 saturated heterocycles. The number of likely N-dealkylation sites (tertiary alicyclic amines) is 1. The number of piperidine rings is 1. The first-order valence-corrected chi connectivity index (χ1v) is 7.67. The van der Waals surface area contributed by atoms with E-state index < -0.39 is 11.5 Å². The molecule has 21 heavy (non-hydrogen) atoms. The van der Waals surface area contributed by atoms with Gasteiger partial charge in [-0.3, -0.25) is 9.59 Å². The molecular formula is C16H25NO4. The molecule has 5 heteroatoms. The Balaban J connectivity index is 1.96. The van der Waals surface area contributed by atoms with Gasteiger partial charge in [-0.1, -0.05) is 0 Å². The summed E-state index contributed by atoms with van der Waals surface area (Å²) in [5.41, 5.74) is -0.885. The number of hydrogen-bond donors (Lipinski definition) is 0. The van der Waals surface area contributed by atoms with Gasteiger partial charge in [-0.15, -0.1) is 0 Å². The molecule has 5 nitrogen and oxygen atoms in total. The highest BCUT2D eigenvalue weighted by atomic mass is 16.6. The monoisotopic (exact) mass is 295 g/mol. The van der Waals surface area contributed by atoms with Gasteiger partial charge in [-0.05, 0) is 53.4 Å². The van der Waals surface area contributed by atoms with E-state index in [0.29, 0.717) is 32.4 Å². The van der Waals surface area contributed by atoms with Crippen molar-refractivity contribution in [3.8, 4) is 0 Å². The van der Waals surface area contributed by atoms with Gasteiger partial charge in [0.1, 0.15) is 17.2 Å². The topological polar surface area (TPSA) is 63.7 Å². The van der Waals surface area contributed by atoms with Crippen molar-refractivity contribution in [2.24, 2.45) is 11.3 Å². The maximum atomic E-state index is 12.5. The van der Waals surface area contributed by atoms with Crippen molar-refractivity contribution in [2.45, 2.75) is 59.0 Å². The predicted octanol–water partition coefficient (Wildman–Crippen LogP) is 2.57. The standard InChI is InChI=1S/C16H25NO4/c1-11(18)12-5-6-16(13(12)19)7-9-17(10-8-16)14(20)21-15(2,3)4/h12H,5-10H2,1-4H3/t12-/m1/s1. The zero-order chi connectivity index (χ0) is 15.8. The fraction of sp³-hybridized carbons (Fsp3) is 0.812. The maximum Gasteiger partial charge on any atom is 0.410 e. The first-order valence-electron chi connectivity index (χ1n) is 7.67. The second kappa shape index (κ2) is 5.43. The summed E-state index contributed by atoms with van der Waals surface area (Å²) >= 11 is 0. The van der Waals surface area contributed by atoms with E-state index in [1.807, 2.05) is 20.8 Å². The van der Waals surface area contributed by atoms with E-state index in [4.69, 9.17) is 4.74 Å². The molecule has 1 amide bonds. The summed E-state index contributed by atoms with van der Waals surface area (Å²) in [6, 6.07) is 0. The smallest absolute Gasteiger partial charge is 0.410 e. The van der Waals surface area contributed by atoms with Crippen LogP contribution in [0.3, 0.4) is 0 Å². The van der Waals surface area contributed by atoms with E-state index in [1.54, 1.807) is 4.90 Å². The van der Waals surface area contributed by atoms with Crippen molar-refractivity contribution in [3.63, 3.8) is 0 Å². The molecule has 118 valence electrons. The Bertz CT molecular complexity index is 455. The Morgan fingerprint density at radius 1 is 1.19 bits per heavy atom. The lowest BCUT2D eigenvalue weighted by molar-refractivity contribution is -0.136. The average Bonchev–Trinajstić information content (AvgIpc) is 2.66. The van der Waals surface area contributed by atoms with Crippen LogP contribution in [0.2, 0.25) is 0 Å². The van der Waals surface area contributed by atoms with Gasteiger partial charge in [-0.25, -0.2) is 4.79 Å². The Labute approximate surface area is 126 Å². The van der Waals surface area contributed by atoms with Crippen molar-refractivity contribution < 1.29 is 19.1 Å². The average molecular weight is 295 g/mol. The third kappa shape index (κ3) is 3.27. The summed E-state index contributed by atoms with van der Waals surface area (Å²) in [5, 5.41) is 0. The van der Waals surface area contributed by atoms with Gasteiger partial charge >= 0.3 is 6.09 Å². The zero-order valence-electron chi connectivity index (χ0n) is 13.4. The molecule has 1 saturated carbocycles. The van der Waals surface area contributed by atoms with Crippen LogP contribution in [-0.4, -0.2) is 41.3 Å². The molecule has 0 bridgehead atoms. The number of carbonyl (C=O) groups is 3. The van der Waals surface area contributed by atoms with Crippen molar-refractivity contribution in [1.82, 2.24) is 4.90 Å². The van der Waals surface area contributed by atoms with Crippen LogP contribution in [0.4, 0.5) is 4.79 Å². The number of amides is 1. The molecule has 1 atom stereocenters. The van der Waals surface area contributed by atoms with Gasteiger partial charge in [0.05, 0.1) is 5.92 Å². The first kappa shape index (κ1) is 16.0. The number of nitrogens with zero attached hydrogens (tertiary/aromatic N) is 1. The van der Waals surface area contributed by atoms with Crippen LogP contribution >= 0.6 is 0 Å². The van der Waals surface area contributed by atoms with Crippen LogP contribution in [0, 0.1) is 11.3 Å². The van der Waals surface area contributed by atoms with Crippen LogP contribution < -0.4 is 0 Å². The Morgan fingerprint density at radius 3 is 2.19 bits per heavy atom. The largest absolute Gasteiger partial charge is 0.444 e. The SMILES string of the molecule is CC(=O)[C@H]1CCC2(CCN(C(=O)OC(C)(C)C)CC2)C1=O. The molecule has 1 heterocycles. The van der Waals surface area contributed by atoms with E-state index in [0.717, 1.165) is 6.42 Å². The Morgan fingerprint density at radius 2 is 1.76 bits per heavy atom. The molecule has 0 radical (unpaired) electrons. The summed E-state index contributed by atoms with van der Waals surface area (Å²) in [4.78, 5) is 37.7. The Kier molecular flexibility index (Phi) is 4.13. The van der Waals surface area contributed by atoms with Gasteiger partial charge in [0.2, 0.25) is 0 Å². The van der Waals surface area contributed by atoms with Crippen molar-refractivity contribution >= 4 is 17.7 Å². The molecule has 2 rings (SSSR count). The van der Waals surface area contributed by atoms with Crippen LogP contribution in [0.1, 0.15) is 53.4 Å². The number of carbonyl (C=O) groups excluding carboxylic acids is 3. The highest BCUT2D eigenvalue weighted by Crippen LogP contribution is 2.46. The molecule has 1 spiro atoms. The van der Waals surface area contributed by atoms with Crippen LogP contribution in [-0.2, 0) is 14.3 Å². The number of rotatable bonds is 1. The normalized spacial score (nSPS) is 25.2. The van der Waals surface area contributed by atoms with E-state index in [9.17, 15) is 14.4 Å². The van der Waals surface area contributed by atoms with Crippen molar-refractivity contribution in [3.05, 3.63) is 0 Å². The van der Waals surface area contributed by atoms with E-state index in [2.05, 4.69) is 0 Å². The number of ketones is 2. The summed E-state index contributed by atoms with van der Waals surface area (Å²) in [6.45, 7) is 8.09. The van der Waals surface area contributed by atoms with Gasteiger partial charge in [0.15, 0.2) is 0 Å². The number of hydrogen-bond acceptors (Lipinski definition) is 4. The second-order valence-electron chi connectivity index (χ2n) is 7.31. The summed E-state index contributed by atoms with van der Waals surface area (Å²) in [7, 11) is 0. The second-order valence-corrected chi connectivity index (χ2v) is 7.31. The summed E-state index contributed by atoms with van der Waals surface area (Å²) in [6.07, 6.45) is 2.42. The fourth-order valence-corrected chi connectivity index (χ4v) is 3.37. The fourth-order valence-electron chi connectivity index (χ4n) is 3.37. The van der Waals surface area contributed by atoms with Crippen LogP contribution in [0.25, 0.3) is 0 Å². The van der Waals surface area contributed by atoms with E-state index >= 15 is 0 Å². The molecule has 0 aromatic rings. The lowest BCUT2D eigenvalue weighted by Gasteiger charge is -2.38. The summed E-state index contributed by atoms with van der Waals surface area (Å²) in [5.74, 6) is -0.344. The molecule has 0 N–H and O–H groups in total. The van der Waals surface area contributed by atoms with Crippen LogP contribution in [0.15, 0.2) is 0 Å². The highest BCUT2D eigenvalue weighted by molar-refractivity contribution is 6.05. The molecular weight excluding hydrogens is 270 g/mol. The molecule has 0 unspecified atom stereocenters. The highest BCUT2D eigenvalue weighted by Gasteiger charge is 2.50. The third-order valence-electron chi connectivity index (χ3n) is 4.61. The molecule has 0 aromatic carbocycles. The minimum absolute atomic E-state index is 0.0218. The lowest BCUT2D eigenvalue weighted by atomic mass is 9.75. The lowest BCUT2D eigenvalue weighted by Crippen LogP contribution is -2.47. The molecule has 2 fully saturated rings. The Hall–Kier alpha value is -1.39. The van der Waals surface area contributed by atoms with Crippen molar-refractivity contribution in [2.75, 3.05) is 13.1 Å². The first-order chi connectivity index (χ1) is 9.65. The molecule has 0 aromatic heterocycles. The zero-order valence-corrected chi connectivity index (χ0v) is 13.4. The van der Waals surface area contributed by atoms with Crippen molar-refractivity contribution in [1.29, 1.82) is 0 Å². The maximum absolute atomic E-state index is 12.5. The van der Waals surface area contributed by atoms with Gasteiger partial charge < -0.3 is 9.64 Å². The van der Waals surface area contributed by atoms with Gasteiger partial charge in [0, 0.05) is 18.5 Å². The molecule has 1 aliphatic carbocycles. The number of Topliss-reactive ketones (excluding diaryl/α,β-unsaturated/α-hetero) is 2. The van der Waals surface area contributed by atoms with Gasteiger partial charge in [-0.2, -0.15) is 0 Å². The molecule has 1 aliphatic heterocycles. The quantitative estimate of drug-likeness (QED) is 0.697. The minimum atomic E-state index is -0.505. The van der Waals surface area contributed by atoms with E-state index in [1.165, 1.54) is 6.92 Å². The minimum Gasteiger partial charge on any atom is -0.444 e. The number of ether oxygens (including phenoxy) is 1. The molecule has 2 aliphatic rings. The summed E-state index contributed by atoms with van der Waals surface area (Å²) < 4.78 is 5.36. The van der Waals surface area contributed by atoms with Crippen LogP contribution in [0.5, 0.6) is 0 Å².